The van der Waals surface area contributed by atoms with Crippen LogP contribution in [0.15, 0.2) is 0 Å². The number of aliphatic hydroxyl groups excluding tert-OH is 2. The van der Waals surface area contributed by atoms with Crippen molar-refractivity contribution >= 4 is 31.1 Å². The van der Waals surface area contributed by atoms with Gasteiger partial charge in [0.2, 0.25) is 0 Å². The van der Waals surface area contributed by atoms with Crippen LogP contribution in [0.4, 0.5) is 0 Å². The molecule has 13 heavy (non-hydrogen) atoms. The lowest BCUT2D eigenvalue weighted by atomic mass is 10.1. The van der Waals surface area contributed by atoms with Crippen molar-refractivity contribution in [2.75, 3.05) is 6.54 Å². The number of halogens is 2. The first-order valence-electron chi connectivity index (χ1n) is 3.39. The molecule has 0 unspecified atom stereocenters. The molecular formula is C6H16Cl2N2O3. The fourth-order valence-electron chi connectivity index (χ4n) is 0.649. The second-order valence-corrected chi connectivity index (χ2v) is 2.41. The van der Waals surface area contributed by atoms with Crippen LogP contribution in [0.2, 0.25) is 0 Å². The van der Waals surface area contributed by atoms with Crippen molar-refractivity contribution in [2.24, 2.45) is 11.5 Å². The van der Waals surface area contributed by atoms with Crippen molar-refractivity contribution in [3.8, 4) is 0 Å². The minimum Gasteiger partial charge on any atom is -0.390 e. The lowest BCUT2D eigenvalue weighted by Gasteiger charge is -2.16. The number of hydrogen-bond acceptors (Lipinski definition) is 5. The fourth-order valence-corrected chi connectivity index (χ4v) is 0.649. The maximum absolute atomic E-state index is 10.0. The van der Waals surface area contributed by atoms with Crippen molar-refractivity contribution in [1.82, 2.24) is 0 Å². The van der Waals surface area contributed by atoms with Crippen LogP contribution in [0.5, 0.6) is 0 Å². The van der Waals surface area contributed by atoms with Gasteiger partial charge in [-0.15, -0.1) is 24.8 Å². The minimum atomic E-state index is -1.01. The molecule has 6 N–H and O–H groups in total. The zero-order valence-electron chi connectivity index (χ0n) is 7.00. The molecule has 0 amide bonds. The SMILES string of the molecule is Cl.Cl.NC[C@@H](O)[C@@H](O)C[C@@H](N)C=O. The van der Waals surface area contributed by atoms with Gasteiger partial charge in [-0.2, -0.15) is 0 Å². The van der Waals surface area contributed by atoms with E-state index in [4.69, 9.17) is 21.7 Å². The second kappa shape index (κ2) is 10.2. The molecule has 0 rings (SSSR count). The molecule has 0 saturated carbocycles. The summed E-state index contributed by atoms with van der Waals surface area (Å²) in [5, 5.41) is 18.0. The Bertz CT molecular complexity index is 128. The Balaban J connectivity index is -0.000000500. The van der Waals surface area contributed by atoms with Gasteiger partial charge < -0.3 is 26.5 Å². The van der Waals surface area contributed by atoms with Gasteiger partial charge >= 0.3 is 0 Å². The molecule has 0 aliphatic carbocycles. The van der Waals surface area contributed by atoms with E-state index in [9.17, 15) is 4.79 Å². The highest BCUT2D eigenvalue weighted by Gasteiger charge is 2.17. The van der Waals surface area contributed by atoms with Crippen molar-refractivity contribution in [3.63, 3.8) is 0 Å². The highest BCUT2D eigenvalue weighted by atomic mass is 35.5. The van der Waals surface area contributed by atoms with Gasteiger partial charge in [0.15, 0.2) is 0 Å². The van der Waals surface area contributed by atoms with Gasteiger partial charge in [0.05, 0.1) is 18.2 Å². The summed E-state index contributed by atoms with van der Waals surface area (Å²) in [5.41, 5.74) is 10.2. The first-order valence-corrected chi connectivity index (χ1v) is 3.39. The Morgan fingerprint density at radius 3 is 2.00 bits per heavy atom. The Labute approximate surface area is 89.3 Å². The van der Waals surface area contributed by atoms with E-state index in [1.165, 1.54) is 0 Å². The number of nitrogens with two attached hydrogens (primary N) is 2. The molecule has 7 heteroatoms. The summed E-state index contributed by atoms with van der Waals surface area (Å²) in [6, 6.07) is -0.730. The monoisotopic (exact) mass is 234 g/mol. The lowest BCUT2D eigenvalue weighted by Crippen LogP contribution is -2.38. The largest absolute Gasteiger partial charge is 0.390 e. The third kappa shape index (κ3) is 8.42. The molecule has 0 aromatic heterocycles. The zero-order valence-corrected chi connectivity index (χ0v) is 8.63. The fraction of sp³-hybridized carbons (Fsp3) is 0.833. The highest BCUT2D eigenvalue weighted by Crippen LogP contribution is 1.98. The maximum Gasteiger partial charge on any atom is 0.136 e. The van der Waals surface area contributed by atoms with Crippen LogP contribution in [0, 0.1) is 0 Å². The van der Waals surface area contributed by atoms with E-state index in [1.54, 1.807) is 0 Å². The molecule has 0 aliphatic rings. The summed E-state index contributed by atoms with van der Waals surface area (Å²) in [6.45, 7) is -0.0350. The van der Waals surface area contributed by atoms with Gasteiger partial charge in [-0.1, -0.05) is 0 Å². The number of carbonyl (C=O) groups excluding carboxylic acids is 1. The molecule has 0 aromatic carbocycles. The average Bonchev–Trinajstić information content (AvgIpc) is 2.02. The van der Waals surface area contributed by atoms with E-state index >= 15 is 0 Å². The van der Waals surface area contributed by atoms with Crippen LogP contribution < -0.4 is 11.5 Å². The van der Waals surface area contributed by atoms with Crippen LogP contribution >= 0.6 is 24.8 Å². The molecule has 5 nitrogen and oxygen atoms in total. The molecule has 82 valence electrons. The van der Waals surface area contributed by atoms with Gasteiger partial charge in [-0.3, -0.25) is 0 Å². The number of aldehydes is 1. The van der Waals surface area contributed by atoms with E-state index in [0.29, 0.717) is 6.29 Å². The predicted octanol–water partition coefficient (Wildman–Crippen LogP) is -1.57. The van der Waals surface area contributed by atoms with E-state index < -0.39 is 18.2 Å². The van der Waals surface area contributed by atoms with Crippen molar-refractivity contribution in [2.45, 2.75) is 24.7 Å². The van der Waals surface area contributed by atoms with Crippen molar-refractivity contribution < 1.29 is 15.0 Å². The average molecular weight is 235 g/mol. The van der Waals surface area contributed by atoms with E-state index in [-0.39, 0.29) is 37.8 Å². The van der Waals surface area contributed by atoms with Gasteiger partial charge in [-0.05, 0) is 6.42 Å². The molecule has 3 atom stereocenters. The topological polar surface area (TPSA) is 110 Å². The molecule has 0 spiro atoms. The third-order valence-electron chi connectivity index (χ3n) is 1.37. The summed E-state index contributed by atoms with van der Waals surface area (Å²) in [7, 11) is 0. The van der Waals surface area contributed by atoms with Crippen molar-refractivity contribution in [3.05, 3.63) is 0 Å². The molecule has 0 bridgehead atoms. The summed E-state index contributed by atoms with van der Waals surface area (Å²) in [5.74, 6) is 0. The molecule has 0 saturated heterocycles. The molecule has 0 fully saturated rings. The van der Waals surface area contributed by atoms with Gasteiger partial charge in [0.25, 0.3) is 0 Å². The predicted molar refractivity (Wildman–Crippen MR) is 54.2 cm³/mol. The van der Waals surface area contributed by atoms with Crippen LogP contribution in [-0.4, -0.2) is 41.3 Å². The Kier molecular flexibility index (Phi) is 14.7. The summed E-state index contributed by atoms with van der Waals surface area (Å²) in [6.07, 6.45) is -1.45. The Morgan fingerprint density at radius 1 is 1.23 bits per heavy atom. The minimum absolute atomic E-state index is 0. The van der Waals surface area contributed by atoms with Crippen molar-refractivity contribution in [1.29, 1.82) is 0 Å². The number of rotatable bonds is 5. The number of carbonyl (C=O) groups is 1. The van der Waals surface area contributed by atoms with Crippen LogP contribution in [0.1, 0.15) is 6.42 Å². The standard InChI is InChI=1S/C6H14N2O3.2ClH/c7-2-6(11)5(10)1-4(8)3-9;;/h3-6,10-11H,1-2,7-8H2;2*1H/t4-,5+,6-;;/m1../s1. The van der Waals surface area contributed by atoms with Crippen LogP contribution in [0.25, 0.3) is 0 Å². The molecule has 0 aromatic rings. The third-order valence-corrected chi connectivity index (χ3v) is 1.37. The van der Waals surface area contributed by atoms with Gasteiger partial charge in [-0.25, -0.2) is 0 Å². The summed E-state index contributed by atoms with van der Waals surface area (Å²) in [4.78, 5) is 10.0. The Morgan fingerprint density at radius 2 is 1.69 bits per heavy atom. The molecule has 0 aliphatic heterocycles. The molecule has 0 heterocycles. The normalized spacial score (nSPS) is 16.0. The summed E-state index contributed by atoms with van der Waals surface area (Å²) < 4.78 is 0. The van der Waals surface area contributed by atoms with Crippen LogP contribution in [0.3, 0.4) is 0 Å². The van der Waals surface area contributed by atoms with Gasteiger partial charge in [0, 0.05) is 6.54 Å². The smallest absolute Gasteiger partial charge is 0.136 e. The molecule has 0 radical (unpaired) electrons. The lowest BCUT2D eigenvalue weighted by molar-refractivity contribution is -0.110. The van der Waals surface area contributed by atoms with Crippen LogP contribution in [-0.2, 0) is 4.79 Å². The first-order chi connectivity index (χ1) is 5.11. The zero-order chi connectivity index (χ0) is 8.85. The molecular weight excluding hydrogens is 219 g/mol. The number of hydrogen-bond donors (Lipinski definition) is 4. The maximum atomic E-state index is 10.0. The Hall–Kier alpha value is 0.0900. The van der Waals surface area contributed by atoms with E-state index in [1.807, 2.05) is 0 Å². The highest BCUT2D eigenvalue weighted by molar-refractivity contribution is 5.85. The van der Waals surface area contributed by atoms with Gasteiger partial charge in [0.1, 0.15) is 6.29 Å². The van der Waals surface area contributed by atoms with E-state index in [2.05, 4.69) is 0 Å². The first kappa shape index (κ1) is 18.8. The van der Waals surface area contributed by atoms with E-state index in [0.717, 1.165) is 0 Å². The summed E-state index contributed by atoms with van der Waals surface area (Å²) >= 11 is 0. The number of aliphatic hydroxyl groups is 2. The quantitative estimate of drug-likeness (QED) is 0.430. The second-order valence-electron chi connectivity index (χ2n) is 2.41.